The quantitative estimate of drug-likeness (QED) is 0.871. The van der Waals surface area contributed by atoms with Crippen molar-refractivity contribution >= 4 is 11.9 Å². The molecule has 1 aromatic heterocycles. The number of aromatic nitrogens is 2. The first kappa shape index (κ1) is 15.5. The van der Waals surface area contributed by atoms with Gasteiger partial charge in [0.05, 0.1) is 5.56 Å². The van der Waals surface area contributed by atoms with Crippen molar-refractivity contribution in [1.29, 1.82) is 0 Å². The third kappa shape index (κ3) is 3.86. The number of hydrogen-bond acceptors (Lipinski definition) is 4. The van der Waals surface area contributed by atoms with Gasteiger partial charge in [-0.15, -0.1) is 0 Å². The molecule has 0 bridgehead atoms. The number of benzene rings is 1. The van der Waals surface area contributed by atoms with Gasteiger partial charge in [0.1, 0.15) is 0 Å². The van der Waals surface area contributed by atoms with Crippen molar-refractivity contribution in [3.05, 3.63) is 53.9 Å². The summed E-state index contributed by atoms with van der Waals surface area (Å²) in [5.74, 6) is 0.672. The Hall–Kier alpha value is -2.43. The van der Waals surface area contributed by atoms with E-state index in [1.54, 1.807) is 24.3 Å². The summed E-state index contributed by atoms with van der Waals surface area (Å²) < 4.78 is 0. The number of hydrogen-bond donors (Lipinski definition) is 0. The Bertz CT molecular complexity index is 636. The van der Waals surface area contributed by atoms with Crippen LogP contribution in [0.1, 0.15) is 35.2 Å². The standard InChI is InChI=1S/C18H22N4O/c1-21(14-15-8-4-2-5-9-15)17(23)16-12-19-18(20-13-16)22-10-6-3-7-11-22/h2,4-5,8-9,12-13H,3,6-7,10-11,14H2,1H3. The number of nitrogens with zero attached hydrogens (tertiary/aromatic N) is 4. The third-order valence-corrected chi connectivity index (χ3v) is 4.13. The molecule has 0 radical (unpaired) electrons. The zero-order valence-corrected chi connectivity index (χ0v) is 13.5. The molecular weight excluding hydrogens is 288 g/mol. The van der Waals surface area contributed by atoms with Crippen molar-refractivity contribution in [3.8, 4) is 0 Å². The largest absolute Gasteiger partial charge is 0.341 e. The van der Waals surface area contributed by atoms with Crippen molar-refractivity contribution in [2.45, 2.75) is 25.8 Å². The maximum atomic E-state index is 12.5. The highest BCUT2D eigenvalue weighted by molar-refractivity contribution is 5.93. The summed E-state index contributed by atoms with van der Waals surface area (Å²) in [7, 11) is 1.80. The summed E-state index contributed by atoms with van der Waals surface area (Å²) in [5.41, 5.74) is 1.64. The van der Waals surface area contributed by atoms with Gasteiger partial charge in [-0.3, -0.25) is 4.79 Å². The Labute approximate surface area is 137 Å². The van der Waals surface area contributed by atoms with E-state index >= 15 is 0 Å². The van der Waals surface area contributed by atoms with Crippen molar-refractivity contribution in [3.63, 3.8) is 0 Å². The highest BCUT2D eigenvalue weighted by Gasteiger charge is 2.16. The molecule has 2 aromatic rings. The lowest BCUT2D eigenvalue weighted by Gasteiger charge is -2.26. The van der Waals surface area contributed by atoms with Crippen LogP contribution in [0.25, 0.3) is 0 Å². The minimum Gasteiger partial charge on any atom is -0.341 e. The van der Waals surface area contributed by atoms with E-state index in [9.17, 15) is 4.79 Å². The summed E-state index contributed by atoms with van der Waals surface area (Å²) in [6.45, 7) is 2.58. The molecule has 1 aliphatic rings. The van der Waals surface area contributed by atoms with Crippen LogP contribution in [-0.2, 0) is 6.54 Å². The van der Waals surface area contributed by atoms with Crippen LogP contribution in [0.5, 0.6) is 0 Å². The van der Waals surface area contributed by atoms with Gasteiger partial charge in [-0.2, -0.15) is 0 Å². The van der Waals surface area contributed by atoms with Crippen molar-refractivity contribution in [2.24, 2.45) is 0 Å². The van der Waals surface area contributed by atoms with E-state index in [2.05, 4.69) is 14.9 Å². The van der Waals surface area contributed by atoms with Gasteiger partial charge in [0.2, 0.25) is 5.95 Å². The topological polar surface area (TPSA) is 49.3 Å². The molecule has 2 heterocycles. The molecule has 23 heavy (non-hydrogen) atoms. The second kappa shape index (κ2) is 7.22. The Balaban J connectivity index is 1.65. The zero-order valence-electron chi connectivity index (χ0n) is 13.5. The number of amides is 1. The van der Waals surface area contributed by atoms with Gasteiger partial charge in [0.25, 0.3) is 5.91 Å². The smallest absolute Gasteiger partial charge is 0.257 e. The first-order valence-electron chi connectivity index (χ1n) is 8.10. The average molecular weight is 310 g/mol. The lowest BCUT2D eigenvalue weighted by Crippen LogP contribution is -2.31. The zero-order chi connectivity index (χ0) is 16.1. The number of piperidine rings is 1. The van der Waals surface area contributed by atoms with E-state index < -0.39 is 0 Å². The van der Waals surface area contributed by atoms with E-state index in [0.29, 0.717) is 12.1 Å². The third-order valence-electron chi connectivity index (χ3n) is 4.13. The molecule has 0 aliphatic carbocycles. The fourth-order valence-electron chi connectivity index (χ4n) is 2.84. The van der Waals surface area contributed by atoms with Crippen molar-refractivity contribution in [1.82, 2.24) is 14.9 Å². The molecule has 0 atom stereocenters. The Morgan fingerprint density at radius 2 is 1.74 bits per heavy atom. The van der Waals surface area contributed by atoms with Crippen molar-refractivity contribution in [2.75, 3.05) is 25.0 Å². The molecule has 1 saturated heterocycles. The molecule has 1 aliphatic heterocycles. The number of anilines is 1. The molecule has 0 spiro atoms. The molecular formula is C18H22N4O. The fraction of sp³-hybridized carbons (Fsp3) is 0.389. The molecule has 1 aromatic carbocycles. The minimum atomic E-state index is -0.0564. The summed E-state index contributed by atoms with van der Waals surface area (Å²) in [6.07, 6.45) is 6.92. The van der Waals surface area contributed by atoms with E-state index in [1.807, 2.05) is 30.3 Å². The van der Waals surface area contributed by atoms with Crippen LogP contribution >= 0.6 is 0 Å². The molecule has 0 saturated carbocycles. The minimum absolute atomic E-state index is 0.0564. The molecule has 1 amide bonds. The van der Waals surface area contributed by atoms with Gasteiger partial charge >= 0.3 is 0 Å². The van der Waals surface area contributed by atoms with Gasteiger partial charge < -0.3 is 9.80 Å². The second-order valence-electron chi connectivity index (χ2n) is 5.97. The lowest BCUT2D eigenvalue weighted by atomic mass is 10.1. The Morgan fingerprint density at radius 1 is 1.09 bits per heavy atom. The normalized spacial score (nSPS) is 14.6. The predicted molar refractivity (Wildman–Crippen MR) is 90.3 cm³/mol. The monoisotopic (exact) mass is 310 g/mol. The summed E-state index contributed by atoms with van der Waals surface area (Å²) in [4.78, 5) is 25.1. The Morgan fingerprint density at radius 3 is 2.39 bits per heavy atom. The van der Waals surface area contributed by atoms with Crippen LogP contribution in [0.15, 0.2) is 42.7 Å². The van der Waals surface area contributed by atoms with E-state index in [4.69, 9.17) is 0 Å². The lowest BCUT2D eigenvalue weighted by molar-refractivity contribution is 0.0784. The molecule has 1 fully saturated rings. The molecule has 5 heteroatoms. The van der Waals surface area contributed by atoms with Gasteiger partial charge in [0.15, 0.2) is 0 Å². The van der Waals surface area contributed by atoms with E-state index in [0.717, 1.165) is 24.6 Å². The summed E-state index contributed by atoms with van der Waals surface area (Å²) >= 11 is 0. The van der Waals surface area contributed by atoms with Crippen LogP contribution in [-0.4, -0.2) is 40.9 Å². The van der Waals surface area contributed by atoms with Crippen molar-refractivity contribution < 1.29 is 4.79 Å². The molecule has 5 nitrogen and oxygen atoms in total. The summed E-state index contributed by atoms with van der Waals surface area (Å²) in [6, 6.07) is 9.95. The van der Waals surface area contributed by atoms with Gasteiger partial charge in [-0.1, -0.05) is 30.3 Å². The fourth-order valence-corrected chi connectivity index (χ4v) is 2.84. The van der Waals surface area contributed by atoms with Gasteiger partial charge in [-0.25, -0.2) is 9.97 Å². The molecule has 0 unspecified atom stereocenters. The van der Waals surface area contributed by atoms with Gasteiger partial charge in [-0.05, 0) is 24.8 Å². The maximum absolute atomic E-state index is 12.5. The molecule has 3 rings (SSSR count). The van der Waals surface area contributed by atoms with Crippen LogP contribution in [0.3, 0.4) is 0 Å². The SMILES string of the molecule is CN(Cc1ccccc1)C(=O)c1cnc(N2CCCCC2)nc1. The first-order chi connectivity index (χ1) is 11.2. The maximum Gasteiger partial charge on any atom is 0.257 e. The second-order valence-corrected chi connectivity index (χ2v) is 5.97. The number of carbonyl (C=O) groups excluding carboxylic acids is 1. The molecule has 0 N–H and O–H groups in total. The van der Waals surface area contributed by atoms with Crippen LogP contribution in [0.4, 0.5) is 5.95 Å². The first-order valence-corrected chi connectivity index (χ1v) is 8.10. The highest BCUT2D eigenvalue weighted by Crippen LogP contribution is 2.15. The van der Waals surface area contributed by atoms with E-state index in [-0.39, 0.29) is 5.91 Å². The van der Waals surface area contributed by atoms with Gasteiger partial charge in [0, 0.05) is 39.1 Å². The number of carbonyl (C=O) groups is 1. The average Bonchev–Trinajstić information content (AvgIpc) is 2.63. The van der Waals surface area contributed by atoms with Crippen LogP contribution < -0.4 is 4.90 Å². The highest BCUT2D eigenvalue weighted by atomic mass is 16.2. The number of rotatable bonds is 4. The summed E-state index contributed by atoms with van der Waals surface area (Å²) in [5, 5.41) is 0. The Kier molecular flexibility index (Phi) is 4.86. The van der Waals surface area contributed by atoms with E-state index in [1.165, 1.54) is 19.3 Å². The predicted octanol–water partition coefficient (Wildman–Crippen LogP) is 2.74. The van der Waals surface area contributed by atoms with Crippen LogP contribution in [0, 0.1) is 0 Å². The molecule has 120 valence electrons. The van der Waals surface area contributed by atoms with Crippen LogP contribution in [0.2, 0.25) is 0 Å².